The van der Waals surface area contributed by atoms with Crippen molar-refractivity contribution in [1.29, 1.82) is 0 Å². The normalized spacial score (nSPS) is 16.4. The van der Waals surface area contributed by atoms with E-state index >= 15 is 0 Å². The zero-order chi connectivity index (χ0) is 16.1. The molecule has 0 unspecified atom stereocenters. The van der Waals surface area contributed by atoms with Crippen LogP contribution in [0.2, 0.25) is 0 Å². The summed E-state index contributed by atoms with van der Waals surface area (Å²) in [5.74, 6) is -0.179. The van der Waals surface area contributed by atoms with Crippen LogP contribution >= 0.6 is 0 Å². The second-order valence-electron chi connectivity index (χ2n) is 6.25. The van der Waals surface area contributed by atoms with Gasteiger partial charge in [0.05, 0.1) is 12.3 Å². The van der Waals surface area contributed by atoms with Gasteiger partial charge in [0.15, 0.2) is 5.75 Å². The van der Waals surface area contributed by atoms with E-state index in [0.717, 1.165) is 32.5 Å². The molecular formula is C16H27N3O3. The first-order chi connectivity index (χ1) is 10.5. The Morgan fingerprint density at radius 3 is 2.50 bits per heavy atom. The molecule has 1 aliphatic rings. The molecule has 1 aromatic heterocycles. The fourth-order valence-corrected chi connectivity index (χ4v) is 2.94. The first kappa shape index (κ1) is 17.0. The van der Waals surface area contributed by atoms with Gasteiger partial charge in [0.25, 0.3) is 0 Å². The standard InChI is InChI=1S/C16H27N3O3/c1-17(2)8-9-19-13(12-20)10-15(21)16(22)14(19)11-18-6-4-3-5-7-18/h10,20,22H,3-9,11-12H2,1-2H3. The van der Waals surface area contributed by atoms with Crippen molar-refractivity contribution in [3.8, 4) is 5.75 Å². The average molecular weight is 309 g/mol. The number of aliphatic hydroxyl groups is 1. The highest BCUT2D eigenvalue weighted by molar-refractivity contribution is 5.30. The quantitative estimate of drug-likeness (QED) is 0.805. The number of nitrogens with zero attached hydrogens (tertiary/aromatic N) is 3. The molecule has 2 heterocycles. The topological polar surface area (TPSA) is 68.9 Å². The fraction of sp³-hybridized carbons (Fsp3) is 0.688. The van der Waals surface area contributed by atoms with E-state index in [9.17, 15) is 15.0 Å². The molecular weight excluding hydrogens is 282 g/mol. The van der Waals surface area contributed by atoms with Crippen LogP contribution in [0.3, 0.4) is 0 Å². The van der Waals surface area contributed by atoms with E-state index in [1.54, 1.807) is 0 Å². The van der Waals surface area contributed by atoms with Gasteiger partial charge in [-0.15, -0.1) is 0 Å². The SMILES string of the molecule is CN(C)CCn1c(CO)cc(=O)c(O)c1CN1CCCCC1. The van der Waals surface area contributed by atoms with Crippen molar-refractivity contribution < 1.29 is 10.2 Å². The van der Waals surface area contributed by atoms with E-state index in [4.69, 9.17) is 0 Å². The van der Waals surface area contributed by atoms with Gasteiger partial charge in [-0.05, 0) is 40.0 Å². The summed E-state index contributed by atoms with van der Waals surface area (Å²) in [4.78, 5) is 16.3. The molecule has 0 radical (unpaired) electrons. The maximum atomic E-state index is 11.9. The number of aliphatic hydroxyl groups excluding tert-OH is 1. The molecule has 1 fully saturated rings. The Hall–Kier alpha value is -1.37. The van der Waals surface area contributed by atoms with Crippen LogP contribution in [0.1, 0.15) is 30.7 Å². The molecule has 1 aromatic rings. The number of pyridine rings is 1. The lowest BCUT2D eigenvalue weighted by Crippen LogP contribution is -2.33. The lowest BCUT2D eigenvalue weighted by molar-refractivity contribution is 0.207. The second kappa shape index (κ2) is 7.76. The molecule has 124 valence electrons. The zero-order valence-corrected chi connectivity index (χ0v) is 13.6. The smallest absolute Gasteiger partial charge is 0.223 e. The second-order valence-corrected chi connectivity index (χ2v) is 6.25. The maximum absolute atomic E-state index is 11.9. The van der Waals surface area contributed by atoms with E-state index in [0.29, 0.717) is 24.5 Å². The molecule has 0 amide bonds. The van der Waals surface area contributed by atoms with Crippen LogP contribution < -0.4 is 5.43 Å². The Balaban J connectivity index is 2.33. The third-order valence-electron chi connectivity index (χ3n) is 4.23. The van der Waals surface area contributed by atoms with Crippen LogP contribution in [0.15, 0.2) is 10.9 Å². The summed E-state index contributed by atoms with van der Waals surface area (Å²) in [5, 5.41) is 19.8. The molecule has 2 rings (SSSR count). The molecule has 6 nitrogen and oxygen atoms in total. The van der Waals surface area contributed by atoms with Gasteiger partial charge in [0, 0.05) is 31.4 Å². The van der Waals surface area contributed by atoms with Crippen molar-refractivity contribution in [1.82, 2.24) is 14.4 Å². The molecule has 0 aliphatic carbocycles. The number of hydrogen-bond donors (Lipinski definition) is 2. The Kier molecular flexibility index (Phi) is 5.99. The molecule has 0 aromatic carbocycles. The Morgan fingerprint density at radius 2 is 1.91 bits per heavy atom. The predicted molar refractivity (Wildman–Crippen MR) is 86.0 cm³/mol. The molecule has 2 N–H and O–H groups in total. The van der Waals surface area contributed by atoms with E-state index in [2.05, 4.69) is 4.90 Å². The number of aromatic hydroxyl groups is 1. The summed E-state index contributed by atoms with van der Waals surface area (Å²) < 4.78 is 1.89. The summed E-state index contributed by atoms with van der Waals surface area (Å²) in [7, 11) is 3.95. The van der Waals surface area contributed by atoms with E-state index in [1.165, 1.54) is 12.5 Å². The number of likely N-dealkylation sites (N-methyl/N-ethyl adjacent to an activating group) is 1. The molecule has 0 bridgehead atoms. The number of hydrogen-bond acceptors (Lipinski definition) is 5. The van der Waals surface area contributed by atoms with Gasteiger partial charge in [0.1, 0.15) is 0 Å². The minimum Gasteiger partial charge on any atom is -0.503 e. The van der Waals surface area contributed by atoms with Gasteiger partial charge in [0.2, 0.25) is 5.43 Å². The van der Waals surface area contributed by atoms with Crippen LogP contribution in [0.5, 0.6) is 5.75 Å². The van der Waals surface area contributed by atoms with Crippen LogP contribution in [-0.4, -0.2) is 58.3 Å². The summed E-state index contributed by atoms with van der Waals surface area (Å²) >= 11 is 0. The minimum atomic E-state index is -0.405. The molecule has 0 saturated carbocycles. The van der Waals surface area contributed by atoms with Crippen molar-refractivity contribution >= 4 is 0 Å². The van der Waals surface area contributed by atoms with E-state index < -0.39 is 5.43 Å². The molecule has 1 saturated heterocycles. The van der Waals surface area contributed by atoms with Crippen molar-refractivity contribution in [2.45, 2.75) is 39.0 Å². The summed E-state index contributed by atoms with van der Waals surface area (Å²) in [5.41, 5.74) is 0.786. The van der Waals surface area contributed by atoms with Crippen LogP contribution in [-0.2, 0) is 19.7 Å². The first-order valence-corrected chi connectivity index (χ1v) is 7.95. The molecule has 22 heavy (non-hydrogen) atoms. The Morgan fingerprint density at radius 1 is 1.23 bits per heavy atom. The third kappa shape index (κ3) is 4.09. The van der Waals surface area contributed by atoms with Crippen molar-refractivity contribution in [3.63, 3.8) is 0 Å². The number of aromatic nitrogens is 1. The molecule has 6 heteroatoms. The number of piperidine rings is 1. The average Bonchev–Trinajstić information content (AvgIpc) is 2.51. The third-order valence-corrected chi connectivity index (χ3v) is 4.23. The van der Waals surface area contributed by atoms with Crippen molar-refractivity contribution in [2.75, 3.05) is 33.7 Å². The van der Waals surface area contributed by atoms with E-state index in [1.807, 2.05) is 23.6 Å². The molecule has 0 atom stereocenters. The number of likely N-dealkylation sites (tertiary alicyclic amines) is 1. The van der Waals surface area contributed by atoms with E-state index in [-0.39, 0.29) is 12.4 Å². The highest BCUT2D eigenvalue weighted by Crippen LogP contribution is 2.20. The maximum Gasteiger partial charge on any atom is 0.223 e. The molecule has 1 aliphatic heterocycles. The minimum absolute atomic E-state index is 0.179. The van der Waals surface area contributed by atoms with Crippen molar-refractivity contribution in [3.05, 3.63) is 27.7 Å². The first-order valence-electron chi connectivity index (χ1n) is 7.95. The summed E-state index contributed by atoms with van der Waals surface area (Å²) in [6.45, 7) is 3.76. The van der Waals surface area contributed by atoms with Gasteiger partial charge in [-0.25, -0.2) is 0 Å². The van der Waals surface area contributed by atoms with Crippen LogP contribution in [0.25, 0.3) is 0 Å². The highest BCUT2D eigenvalue weighted by Gasteiger charge is 2.19. The lowest BCUT2D eigenvalue weighted by Gasteiger charge is -2.29. The predicted octanol–water partition coefficient (Wildman–Crippen LogP) is 0.594. The van der Waals surface area contributed by atoms with Gasteiger partial charge in [-0.3, -0.25) is 9.69 Å². The van der Waals surface area contributed by atoms with Gasteiger partial charge < -0.3 is 19.7 Å². The Bertz CT molecular complexity index is 548. The largest absolute Gasteiger partial charge is 0.503 e. The van der Waals surface area contributed by atoms with Crippen LogP contribution in [0, 0.1) is 0 Å². The fourth-order valence-electron chi connectivity index (χ4n) is 2.94. The van der Waals surface area contributed by atoms with Gasteiger partial charge >= 0.3 is 0 Å². The monoisotopic (exact) mass is 309 g/mol. The highest BCUT2D eigenvalue weighted by atomic mass is 16.3. The lowest BCUT2D eigenvalue weighted by atomic mass is 10.1. The summed E-state index contributed by atoms with van der Waals surface area (Å²) in [6.07, 6.45) is 3.55. The molecule has 0 spiro atoms. The van der Waals surface area contributed by atoms with Gasteiger partial charge in [-0.2, -0.15) is 0 Å². The summed E-state index contributed by atoms with van der Waals surface area (Å²) in [6, 6.07) is 1.34. The van der Waals surface area contributed by atoms with Gasteiger partial charge in [-0.1, -0.05) is 6.42 Å². The Labute approximate surface area is 131 Å². The van der Waals surface area contributed by atoms with Crippen LogP contribution in [0.4, 0.5) is 0 Å². The zero-order valence-electron chi connectivity index (χ0n) is 13.6. The van der Waals surface area contributed by atoms with Crippen molar-refractivity contribution in [2.24, 2.45) is 0 Å². The number of rotatable bonds is 6.